The predicted molar refractivity (Wildman–Crippen MR) is 81.0 cm³/mol. The van der Waals surface area contributed by atoms with Crippen molar-refractivity contribution in [3.05, 3.63) is 30.1 Å². The van der Waals surface area contributed by atoms with Gasteiger partial charge in [-0.05, 0) is 26.0 Å². The lowest BCUT2D eigenvalue weighted by Crippen LogP contribution is -2.50. The normalized spacial score (nSPS) is 22.7. The van der Waals surface area contributed by atoms with Gasteiger partial charge in [0.25, 0.3) is 0 Å². The molecular formula is C16H21N3O2. The molecule has 2 unspecified atom stereocenters. The third-order valence-electron chi connectivity index (χ3n) is 3.94. The number of aromatic nitrogens is 2. The van der Waals surface area contributed by atoms with Gasteiger partial charge in [-0.15, -0.1) is 0 Å². The molecule has 1 fully saturated rings. The van der Waals surface area contributed by atoms with Gasteiger partial charge in [0.1, 0.15) is 5.82 Å². The molecule has 3 rings (SSSR count). The third-order valence-corrected chi connectivity index (χ3v) is 3.94. The molecule has 21 heavy (non-hydrogen) atoms. The SMILES string of the molecule is CC1CN(C(=O)CCc2nc3ccccc3[nH]2)C(C)CO1. The van der Waals surface area contributed by atoms with E-state index in [4.69, 9.17) is 4.74 Å². The van der Waals surface area contributed by atoms with Crippen molar-refractivity contribution in [1.29, 1.82) is 0 Å². The number of hydrogen-bond acceptors (Lipinski definition) is 3. The van der Waals surface area contributed by atoms with Crippen molar-refractivity contribution >= 4 is 16.9 Å². The minimum atomic E-state index is 0.122. The van der Waals surface area contributed by atoms with Gasteiger partial charge in [-0.25, -0.2) is 4.98 Å². The molecule has 0 radical (unpaired) electrons. The largest absolute Gasteiger partial charge is 0.375 e. The number of nitrogens with one attached hydrogen (secondary N) is 1. The zero-order valence-corrected chi connectivity index (χ0v) is 12.5. The van der Waals surface area contributed by atoms with Crippen molar-refractivity contribution in [3.63, 3.8) is 0 Å². The molecule has 0 spiro atoms. The Morgan fingerprint density at radius 3 is 3.05 bits per heavy atom. The smallest absolute Gasteiger partial charge is 0.223 e. The van der Waals surface area contributed by atoms with Crippen LogP contribution in [0.3, 0.4) is 0 Å². The summed E-state index contributed by atoms with van der Waals surface area (Å²) in [6, 6.07) is 8.08. The molecule has 0 saturated carbocycles. The second-order valence-corrected chi connectivity index (χ2v) is 5.74. The zero-order chi connectivity index (χ0) is 14.8. The molecule has 1 aromatic heterocycles. The molecule has 1 aliphatic heterocycles. The van der Waals surface area contributed by atoms with Crippen LogP contribution in [0.2, 0.25) is 0 Å². The number of hydrogen-bond donors (Lipinski definition) is 1. The molecule has 1 aliphatic rings. The van der Waals surface area contributed by atoms with Crippen molar-refractivity contribution in [2.75, 3.05) is 13.2 Å². The number of rotatable bonds is 3. The predicted octanol–water partition coefficient (Wildman–Crippen LogP) is 2.13. The molecule has 1 amide bonds. The maximum absolute atomic E-state index is 12.4. The molecule has 1 aromatic carbocycles. The van der Waals surface area contributed by atoms with Crippen molar-refractivity contribution in [2.45, 2.75) is 38.8 Å². The number of aryl methyl sites for hydroxylation is 1. The van der Waals surface area contributed by atoms with E-state index in [1.807, 2.05) is 43.0 Å². The van der Waals surface area contributed by atoms with Gasteiger partial charge in [-0.3, -0.25) is 4.79 Å². The molecule has 2 atom stereocenters. The van der Waals surface area contributed by atoms with Crippen molar-refractivity contribution in [1.82, 2.24) is 14.9 Å². The summed E-state index contributed by atoms with van der Waals surface area (Å²) in [5, 5.41) is 0. The number of ether oxygens (including phenoxy) is 1. The monoisotopic (exact) mass is 287 g/mol. The van der Waals surface area contributed by atoms with E-state index in [0.29, 0.717) is 26.0 Å². The van der Waals surface area contributed by atoms with Crippen LogP contribution < -0.4 is 0 Å². The lowest BCUT2D eigenvalue weighted by atomic mass is 10.1. The fraction of sp³-hybridized carbons (Fsp3) is 0.500. The first kappa shape index (κ1) is 14.1. The second-order valence-electron chi connectivity index (χ2n) is 5.74. The minimum Gasteiger partial charge on any atom is -0.375 e. The van der Waals surface area contributed by atoms with Crippen LogP contribution in [0.5, 0.6) is 0 Å². The van der Waals surface area contributed by atoms with Gasteiger partial charge in [0.05, 0.1) is 29.8 Å². The number of morpholine rings is 1. The number of imidazole rings is 1. The highest BCUT2D eigenvalue weighted by molar-refractivity contribution is 5.77. The van der Waals surface area contributed by atoms with Gasteiger partial charge in [0.2, 0.25) is 5.91 Å². The number of carbonyl (C=O) groups excluding carboxylic acids is 1. The van der Waals surface area contributed by atoms with Crippen LogP contribution in [-0.4, -0.2) is 46.1 Å². The van der Waals surface area contributed by atoms with Crippen LogP contribution >= 0.6 is 0 Å². The summed E-state index contributed by atoms with van der Waals surface area (Å²) in [5.41, 5.74) is 1.97. The standard InChI is InChI=1S/C16H21N3O2/c1-11-10-21-12(2)9-19(11)16(20)8-7-15-17-13-5-3-4-6-14(13)18-15/h3-6,11-12H,7-10H2,1-2H3,(H,17,18). The fourth-order valence-corrected chi connectivity index (χ4v) is 2.74. The minimum absolute atomic E-state index is 0.122. The van der Waals surface area contributed by atoms with E-state index in [0.717, 1.165) is 16.9 Å². The van der Waals surface area contributed by atoms with Crippen LogP contribution in [0.15, 0.2) is 24.3 Å². The number of para-hydroxylation sites is 2. The molecule has 112 valence electrons. The second kappa shape index (κ2) is 5.85. The molecule has 5 heteroatoms. The summed E-state index contributed by atoms with van der Waals surface area (Å²) in [6.45, 7) is 5.34. The Kier molecular flexibility index (Phi) is 3.92. The van der Waals surface area contributed by atoms with Gasteiger partial charge < -0.3 is 14.6 Å². The molecule has 1 N–H and O–H groups in total. The number of carbonyl (C=O) groups is 1. The van der Waals surface area contributed by atoms with E-state index in [-0.39, 0.29) is 18.1 Å². The van der Waals surface area contributed by atoms with E-state index >= 15 is 0 Å². The first-order valence-electron chi connectivity index (χ1n) is 7.48. The average Bonchev–Trinajstić information content (AvgIpc) is 2.90. The number of fused-ring (bicyclic) bond motifs is 1. The Bertz CT molecular complexity index is 604. The number of nitrogens with zero attached hydrogens (tertiary/aromatic N) is 2. The van der Waals surface area contributed by atoms with E-state index in [1.54, 1.807) is 0 Å². The number of H-pyrrole nitrogens is 1. The highest BCUT2D eigenvalue weighted by Crippen LogP contribution is 2.15. The van der Waals surface area contributed by atoms with Gasteiger partial charge >= 0.3 is 0 Å². The van der Waals surface area contributed by atoms with Crippen LogP contribution in [0, 0.1) is 0 Å². The van der Waals surface area contributed by atoms with Gasteiger partial charge in [0, 0.05) is 19.4 Å². The molecule has 2 aromatic rings. The van der Waals surface area contributed by atoms with Gasteiger partial charge in [-0.2, -0.15) is 0 Å². The highest BCUT2D eigenvalue weighted by atomic mass is 16.5. The number of amides is 1. The molecule has 0 aliphatic carbocycles. The highest BCUT2D eigenvalue weighted by Gasteiger charge is 2.27. The summed E-state index contributed by atoms with van der Waals surface area (Å²) < 4.78 is 5.56. The maximum atomic E-state index is 12.4. The summed E-state index contributed by atoms with van der Waals surface area (Å²) in [7, 11) is 0. The van der Waals surface area contributed by atoms with Crippen LogP contribution in [0.25, 0.3) is 11.0 Å². The molecule has 0 bridgehead atoms. The van der Waals surface area contributed by atoms with Crippen LogP contribution in [0.1, 0.15) is 26.1 Å². The van der Waals surface area contributed by atoms with Crippen LogP contribution in [-0.2, 0) is 16.0 Å². The lowest BCUT2D eigenvalue weighted by molar-refractivity contribution is -0.143. The Labute approximate surface area is 124 Å². The summed E-state index contributed by atoms with van der Waals surface area (Å²) >= 11 is 0. The van der Waals surface area contributed by atoms with Gasteiger partial charge in [0.15, 0.2) is 0 Å². The Morgan fingerprint density at radius 2 is 2.24 bits per heavy atom. The fourth-order valence-electron chi connectivity index (χ4n) is 2.74. The van der Waals surface area contributed by atoms with E-state index in [1.165, 1.54) is 0 Å². The number of aromatic amines is 1. The topological polar surface area (TPSA) is 58.2 Å². The first-order valence-corrected chi connectivity index (χ1v) is 7.48. The van der Waals surface area contributed by atoms with E-state index in [2.05, 4.69) is 9.97 Å². The quantitative estimate of drug-likeness (QED) is 0.941. The van der Waals surface area contributed by atoms with Crippen molar-refractivity contribution in [2.24, 2.45) is 0 Å². The van der Waals surface area contributed by atoms with Gasteiger partial charge in [-0.1, -0.05) is 12.1 Å². The summed E-state index contributed by atoms with van der Waals surface area (Å²) in [6.07, 6.45) is 1.25. The summed E-state index contributed by atoms with van der Waals surface area (Å²) in [4.78, 5) is 22.1. The van der Waals surface area contributed by atoms with E-state index < -0.39 is 0 Å². The van der Waals surface area contributed by atoms with Crippen molar-refractivity contribution < 1.29 is 9.53 Å². The summed E-state index contributed by atoms with van der Waals surface area (Å²) in [5.74, 6) is 1.05. The van der Waals surface area contributed by atoms with E-state index in [9.17, 15) is 4.79 Å². The molecule has 5 nitrogen and oxygen atoms in total. The zero-order valence-electron chi connectivity index (χ0n) is 12.5. The first-order chi connectivity index (χ1) is 10.1. The van der Waals surface area contributed by atoms with Crippen LogP contribution in [0.4, 0.5) is 0 Å². The number of benzene rings is 1. The Hall–Kier alpha value is -1.88. The Balaban J connectivity index is 1.62. The Morgan fingerprint density at radius 1 is 1.43 bits per heavy atom. The molecular weight excluding hydrogens is 266 g/mol. The molecule has 2 heterocycles. The average molecular weight is 287 g/mol. The molecule has 1 saturated heterocycles. The van der Waals surface area contributed by atoms with Crippen molar-refractivity contribution in [3.8, 4) is 0 Å². The third kappa shape index (κ3) is 3.08. The maximum Gasteiger partial charge on any atom is 0.223 e. The lowest BCUT2D eigenvalue weighted by Gasteiger charge is -2.36.